The first-order valence-electron chi connectivity index (χ1n) is 7.40. The fraction of sp³-hybridized carbons (Fsp3) is 0.600. The van der Waals surface area contributed by atoms with Crippen LogP contribution in [0.3, 0.4) is 0 Å². The number of nitro groups is 1. The van der Waals surface area contributed by atoms with E-state index in [1.165, 1.54) is 6.07 Å². The Kier molecular flexibility index (Phi) is 5.01. The minimum absolute atomic E-state index is 0.00970. The van der Waals surface area contributed by atoms with Crippen molar-refractivity contribution in [2.75, 3.05) is 31.6 Å². The zero-order valence-corrected chi connectivity index (χ0v) is 12.6. The number of nitro benzene ring substituents is 1. The van der Waals surface area contributed by atoms with Gasteiger partial charge in [-0.3, -0.25) is 10.1 Å². The highest BCUT2D eigenvalue weighted by Gasteiger charge is 2.26. The molecule has 6 heteroatoms. The molecule has 1 heterocycles. The molecule has 0 radical (unpaired) electrons. The van der Waals surface area contributed by atoms with Gasteiger partial charge in [0.05, 0.1) is 11.5 Å². The van der Waals surface area contributed by atoms with E-state index in [0.29, 0.717) is 12.4 Å². The van der Waals surface area contributed by atoms with Gasteiger partial charge < -0.3 is 15.4 Å². The Morgan fingerprint density at radius 2 is 2.14 bits per heavy atom. The Morgan fingerprint density at radius 1 is 1.43 bits per heavy atom. The van der Waals surface area contributed by atoms with Gasteiger partial charge in [-0.05, 0) is 44.3 Å². The van der Waals surface area contributed by atoms with E-state index in [9.17, 15) is 10.1 Å². The van der Waals surface area contributed by atoms with Crippen LogP contribution in [-0.4, -0.2) is 31.2 Å². The summed E-state index contributed by atoms with van der Waals surface area (Å²) in [6.45, 7) is 7.45. The van der Waals surface area contributed by atoms with E-state index in [4.69, 9.17) is 4.74 Å². The highest BCUT2D eigenvalue weighted by molar-refractivity contribution is 5.58. The first-order chi connectivity index (χ1) is 10.0. The van der Waals surface area contributed by atoms with Crippen molar-refractivity contribution in [3.8, 4) is 5.75 Å². The van der Waals surface area contributed by atoms with Gasteiger partial charge in [-0.1, -0.05) is 6.92 Å². The van der Waals surface area contributed by atoms with Crippen molar-refractivity contribution in [2.24, 2.45) is 5.41 Å². The first-order valence-corrected chi connectivity index (χ1v) is 7.40. The van der Waals surface area contributed by atoms with E-state index in [1.807, 2.05) is 6.92 Å². The zero-order valence-electron chi connectivity index (χ0n) is 12.6. The van der Waals surface area contributed by atoms with E-state index in [0.717, 1.165) is 38.2 Å². The van der Waals surface area contributed by atoms with Gasteiger partial charge in [-0.2, -0.15) is 0 Å². The zero-order chi connectivity index (χ0) is 15.3. The van der Waals surface area contributed by atoms with Crippen molar-refractivity contribution in [2.45, 2.75) is 26.7 Å². The Labute approximate surface area is 125 Å². The molecule has 0 aliphatic carbocycles. The summed E-state index contributed by atoms with van der Waals surface area (Å²) in [6.07, 6.45) is 2.26. The topological polar surface area (TPSA) is 76.4 Å². The molecule has 6 nitrogen and oxygen atoms in total. The molecule has 0 saturated carbocycles. The van der Waals surface area contributed by atoms with Gasteiger partial charge in [0.2, 0.25) is 0 Å². The second-order valence-corrected chi connectivity index (χ2v) is 5.79. The molecule has 0 spiro atoms. The third-order valence-electron chi connectivity index (χ3n) is 3.99. The third kappa shape index (κ3) is 4.07. The van der Waals surface area contributed by atoms with Crippen LogP contribution in [0.5, 0.6) is 5.75 Å². The highest BCUT2D eigenvalue weighted by atomic mass is 16.6. The fourth-order valence-corrected chi connectivity index (χ4v) is 2.57. The summed E-state index contributed by atoms with van der Waals surface area (Å²) in [5.41, 5.74) is 1.14. The molecule has 1 fully saturated rings. The highest BCUT2D eigenvalue weighted by Crippen LogP contribution is 2.32. The van der Waals surface area contributed by atoms with Crippen LogP contribution in [0.1, 0.15) is 26.7 Å². The Hall–Kier alpha value is -1.82. The van der Waals surface area contributed by atoms with Crippen LogP contribution >= 0.6 is 0 Å². The van der Waals surface area contributed by atoms with Crippen LogP contribution in [-0.2, 0) is 0 Å². The number of ether oxygens (including phenoxy) is 1. The molecule has 0 unspecified atom stereocenters. The number of rotatable bonds is 6. The van der Waals surface area contributed by atoms with Crippen LogP contribution in [0.4, 0.5) is 11.4 Å². The molecule has 0 bridgehead atoms. The quantitative estimate of drug-likeness (QED) is 0.623. The number of nitrogens with zero attached hydrogens (tertiary/aromatic N) is 1. The van der Waals surface area contributed by atoms with Crippen molar-refractivity contribution in [1.82, 2.24) is 5.32 Å². The van der Waals surface area contributed by atoms with E-state index in [-0.39, 0.29) is 11.1 Å². The maximum Gasteiger partial charge on any atom is 0.311 e. The van der Waals surface area contributed by atoms with Crippen LogP contribution in [0.25, 0.3) is 0 Å². The van der Waals surface area contributed by atoms with Gasteiger partial charge in [0.15, 0.2) is 5.75 Å². The average molecular weight is 293 g/mol. The Morgan fingerprint density at radius 3 is 2.76 bits per heavy atom. The van der Waals surface area contributed by atoms with E-state index in [2.05, 4.69) is 17.6 Å². The van der Waals surface area contributed by atoms with Gasteiger partial charge in [0.25, 0.3) is 0 Å². The summed E-state index contributed by atoms with van der Waals surface area (Å²) in [6, 6.07) is 4.95. The number of benzene rings is 1. The third-order valence-corrected chi connectivity index (χ3v) is 3.99. The number of piperidine rings is 1. The smallest absolute Gasteiger partial charge is 0.311 e. The molecule has 2 rings (SSSR count). The van der Waals surface area contributed by atoms with Gasteiger partial charge in [-0.25, -0.2) is 0 Å². The predicted octanol–water partition coefficient (Wildman–Crippen LogP) is 2.80. The summed E-state index contributed by atoms with van der Waals surface area (Å²) >= 11 is 0. The monoisotopic (exact) mass is 293 g/mol. The number of nitrogens with one attached hydrogen (secondary N) is 2. The predicted molar refractivity (Wildman–Crippen MR) is 83.0 cm³/mol. The van der Waals surface area contributed by atoms with Crippen LogP contribution in [0, 0.1) is 15.5 Å². The molecule has 1 saturated heterocycles. The molecule has 1 aromatic rings. The van der Waals surface area contributed by atoms with Crippen molar-refractivity contribution in [3.63, 3.8) is 0 Å². The number of anilines is 1. The van der Waals surface area contributed by atoms with Crippen molar-refractivity contribution in [1.29, 1.82) is 0 Å². The summed E-state index contributed by atoms with van der Waals surface area (Å²) in [4.78, 5) is 10.5. The van der Waals surface area contributed by atoms with Gasteiger partial charge >= 0.3 is 5.69 Å². The lowest BCUT2D eigenvalue weighted by Crippen LogP contribution is -2.39. The van der Waals surface area contributed by atoms with Crippen LogP contribution in [0.15, 0.2) is 18.2 Å². The van der Waals surface area contributed by atoms with Crippen molar-refractivity contribution < 1.29 is 9.66 Å². The molecule has 0 aromatic heterocycles. The second kappa shape index (κ2) is 6.76. The van der Waals surface area contributed by atoms with Crippen molar-refractivity contribution >= 4 is 11.4 Å². The molecule has 1 aliphatic heterocycles. The summed E-state index contributed by atoms with van der Waals surface area (Å²) < 4.78 is 5.36. The molecule has 1 aliphatic rings. The molecular formula is C15H23N3O3. The first kappa shape index (κ1) is 15.6. The molecular weight excluding hydrogens is 270 g/mol. The Balaban J connectivity index is 2.06. The van der Waals surface area contributed by atoms with E-state index >= 15 is 0 Å². The lowest BCUT2D eigenvalue weighted by molar-refractivity contribution is -0.385. The lowest BCUT2D eigenvalue weighted by Gasteiger charge is -2.34. The molecule has 0 atom stereocenters. The van der Waals surface area contributed by atoms with Gasteiger partial charge in [0, 0.05) is 24.4 Å². The van der Waals surface area contributed by atoms with Gasteiger partial charge in [-0.15, -0.1) is 0 Å². The number of hydrogen-bond acceptors (Lipinski definition) is 5. The minimum Gasteiger partial charge on any atom is -0.487 e. The largest absolute Gasteiger partial charge is 0.487 e. The molecule has 21 heavy (non-hydrogen) atoms. The van der Waals surface area contributed by atoms with Gasteiger partial charge in [0.1, 0.15) is 0 Å². The molecule has 1 aromatic carbocycles. The minimum atomic E-state index is -0.414. The second-order valence-electron chi connectivity index (χ2n) is 5.79. The Bertz CT molecular complexity index is 499. The van der Waals surface area contributed by atoms with Crippen LogP contribution < -0.4 is 15.4 Å². The van der Waals surface area contributed by atoms with Crippen LogP contribution in [0.2, 0.25) is 0 Å². The average Bonchev–Trinajstić information content (AvgIpc) is 2.46. The summed E-state index contributed by atoms with van der Waals surface area (Å²) in [5, 5.41) is 17.7. The van der Waals surface area contributed by atoms with Crippen molar-refractivity contribution in [3.05, 3.63) is 28.3 Å². The summed E-state index contributed by atoms with van der Waals surface area (Å²) in [5.74, 6) is 0.322. The molecule has 2 N–H and O–H groups in total. The van der Waals surface area contributed by atoms with E-state index in [1.54, 1.807) is 12.1 Å². The summed E-state index contributed by atoms with van der Waals surface area (Å²) in [7, 11) is 0. The number of hydrogen-bond donors (Lipinski definition) is 2. The van der Waals surface area contributed by atoms with E-state index < -0.39 is 4.92 Å². The molecule has 0 amide bonds. The SMILES string of the molecule is CCOc1cc(NCC2(C)CCNCC2)ccc1[N+](=O)[O-]. The molecule has 116 valence electrons. The maximum absolute atomic E-state index is 11.0. The normalized spacial score (nSPS) is 17.2. The standard InChI is InChI=1S/C15H23N3O3/c1-3-21-14-10-12(4-5-13(14)18(19)20)17-11-15(2)6-8-16-9-7-15/h4-5,10,16-17H,3,6-9,11H2,1-2H3. The fourth-order valence-electron chi connectivity index (χ4n) is 2.57. The maximum atomic E-state index is 11.0. The lowest BCUT2D eigenvalue weighted by atomic mass is 9.81.